The van der Waals surface area contributed by atoms with Crippen molar-refractivity contribution in [2.24, 2.45) is 0 Å². The highest BCUT2D eigenvalue weighted by Crippen LogP contribution is 2.19. The number of para-hydroxylation sites is 1. The van der Waals surface area contributed by atoms with E-state index in [2.05, 4.69) is 4.74 Å². The molecule has 0 aromatic heterocycles. The second-order valence-electron chi connectivity index (χ2n) is 3.32. The number of carbonyl (C=O) groups is 1. The van der Waals surface area contributed by atoms with Gasteiger partial charge in [0.1, 0.15) is 11.7 Å². The number of hydrogen-bond donors (Lipinski definition) is 3. The molecule has 0 bridgehead atoms. The van der Waals surface area contributed by atoms with Crippen LogP contribution in [0.15, 0.2) is 24.3 Å². The lowest BCUT2D eigenvalue weighted by atomic mass is 10.2. The van der Waals surface area contributed by atoms with Crippen LogP contribution in [0.5, 0.6) is 0 Å². The number of carbonyl (C=O) groups excluding carboxylic acids is 1. The number of esters is 1. The maximum atomic E-state index is 11.5. The van der Waals surface area contributed by atoms with Gasteiger partial charge in [0.05, 0.1) is 11.5 Å². The lowest BCUT2D eigenvalue weighted by molar-refractivity contribution is -0.385. The molecule has 0 aliphatic carbocycles. The Bertz CT molecular complexity index is 448. The van der Waals surface area contributed by atoms with Gasteiger partial charge < -0.3 is 20.1 Å². The Kier molecular flexibility index (Phi) is 4.72. The van der Waals surface area contributed by atoms with Gasteiger partial charge in [-0.15, -0.1) is 0 Å². The highest BCUT2D eigenvalue weighted by atomic mass is 16.6. The molecule has 0 heterocycles. The third-order valence-electron chi connectivity index (χ3n) is 2.06. The van der Waals surface area contributed by atoms with Gasteiger partial charge in [0.25, 0.3) is 5.69 Å². The van der Waals surface area contributed by atoms with E-state index in [4.69, 9.17) is 15.3 Å². The summed E-state index contributed by atoms with van der Waals surface area (Å²) < 4.78 is 4.38. The van der Waals surface area contributed by atoms with Gasteiger partial charge in [-0.2, -0.15) is 0 Å². The quantitative estimate of drug-likeness (QED) is 0.278. The average molecular weight is 257 g/mol. The molecule has 0 aliphatic heterocycles. The first kappa shape index (κ1) is 14.0. The molecular weight excluding hydrogens is 246 g/mol. The van der Waals surface area contributed by atoms with Crippen LogP contribution in [-0.4, -0.2) is 45.2 Å². The summed E-state index contributed by atoms with van der Waals surface area (Å²) >= 11 is 0. The number of nitro benzene ring substituents is 1. The Labute approximate surface area is 101 Å². The van der Waals surface area contributed by atoms with Gasteiger partial charge in [0.2, 0.25) is 6.29 Å². The summed E-state index contributed by atoms with van der Waals surface area (Å²) in [4.78, 5) is 21.4. The standard InChI is InChI=1S/C10H11NO7/c12-5-8(13)10(15)18-9(14)6-3-1-2-4-7(6)11(16)17/h1-4,8,10,12-13,15H,5H2. The molecule has 0 amide bonds. The van der Waals surface area contributed by atoms with E-state index in [9.17, 15) is 14.9 Å². The van der Waals surface area contributed by atoms with Gasteiger partial charge in [0.15, 0.2) is 0 Å². The minimum Gasteiger partial charge on any atom is -0.429 e. The molecule has 1 aromatic rings. The van der Waals surface area contributed by atoms with Crippen molar-refractivity contribution in [3.8, 4) is 0 Å². The van der Waals surface area contributed by atoms with Crippen LogP contribution in [-0.2, 0) is 4.74 Å². The number of ether oxygens (including phenoxy) is 1. The molecule has 0 fully saturated rings. The Balaban J connectivity index is 2.88. The summed E-state index contributed by atoms with van der Waals surface area (Å²) in [6.07, 6.45) is -3.63. The second kappa shape index (κ2) is 6.05. The number of aliphatic hydroxyl groups excluding tert-OH is 3. The van der Waals surface area contributed by atoms with Gasteiger partial charge in [-0.3, -0.25) is 10.1 Å². The summed E-state index contributed by atoms with van der Waals surface area (Å²) in [6, 6.07) is 5.01. The van der Waals surface area contributed by atoms with Crippen LogP contribution in [0.25, 0.3) is 0 Å². The van der Waals surface area contributed by atoms with Crippen LogP contribution < -0.4 is 0 Å². The zero-order valence-electron chi connectivity index (χ0n) is 9.09. The fourth-order valence-corrected chi connectivity index (χ4v) is 1.15. The molecule has 2 unspecified atom stereocenters. The van der Waals surface area contributed by atoms with E-state index in [0.717, 1.165) is 12.1 Å². The molecule has 8 nitrogen and oxygen atoms in total. The normalized spacial score (nSPS) is 13.7. The number of nitrogens with zero attached hydrogens (tertiary/aromatic N) is 1. The molecule has 0 saturated carbocycles. The second-order valence-corrected chi connectivity index (χ2v) is 3.32. The Morgan fingerprint density at radius 3 is 2.56 bits per heavy atom. The zero-order valence-corrected chi connectivity index (χ0v) is 9.09. The number of benzene rings is 1. The predicted octanol–water partition coefficient (Wildman–Crippen LogP) is -0.577. The first-order valence-electron chi connectivity index (χ1n) is 4.88. The van der Waals surface area contributed by atoms with E-state index < -0.39 is 35.6 Å². The van der Waals surface area contributed by atoms with E-state index in [-0.39, 0.29) is 5.56 Å². The Morgan fingerprint density at radius 1 is 1.39 bits per heavy atom. The highest BCUT2D eigenvalue weighted by molar-refractivity contribution is 5.93. The molecule has 2 atom stereocenters. The van der Waals surface area contributed by atoms with E-state index >= 15 is 0 Å². The van der Waals surface area contributed by atoms with Gasteiger partial charge in [-0.25, -0.2) is 4.79 Å². The number of aliphatic hydroxyl groups is 3. The predicted molar refractivity (Wildman–Crippen MR) is 57.6 cm³/mol. The average Bonchev–Trinajstić information content (AvgIpc) is 2.37. The van der Waals surface area contributed by atoms with Crippen molar-refractivity contribution in [1.82, 2.24) is 0 Å². The van der Waals surface area contributed by atoms with Gasteiger partial charge in [0, 0.05) is 6.07 Å². The van der Waals surface area contributed by atoms with Crippen LogP contribution in [0.2, 0.25) is 0 Å². The molecule has 0 spiro atoms. The SMILES string of the molecule is O=C(OC(O)C(O)CO)c1ccccc1[N+](=O)[O-]. The third-order valence-corrected chi connectivity index (χ3v) is 2.06. The first-order valence-corrected chi connectivity index (χ1v) is 4.88. The lowest BCUT2D eigenvalue weighted by Crippen LogP contribution is -2.33. The summed E-state index contributed by atoms with van der Waals surface area (Å²) in [5, 5.41) is 37.3. The molecule has 0 aliphatic rings. The molecule has 18 heavy (non-hydrogen) atoms. The largest absolute Gasteiger partial charge is 0.429 e. The van der Waals surface area contributed by atoms with E-state index in [1.165, 1.54) is 12.1 Å². The van der Waals surface area contributed by atoms with E-state index in [0.29, 0.717) is 0 Å². The summed E-state index contributed by atoms with van der Waals surface area (Å²) in [5.74, 6) is -1.16. The Morgan fingerprint density at radius 2 is 2.00 bits per heavy atom. The van der Waals surface area contributed by atoms with Gasteiger partial charge >= 0.3 is 5.97 Å². The van der Waals surface area contributed by atoms with Crippen molar-refractivity contribution in [1.29, 1.82) is 0 Å². The van der Waals surface area contributed by atoms with Gasteiger partial charge in [-0.1, -0.05) is 12.1 Å². The highest BCUT2D eigenvalue weighted by Gasteiger charge is 2.25. The van der Waals surface area contributed by atoms with Crippen LogP contribution >= 0.6 is 0 Å². The molecule has 8 heteroatoms. The molecule has 1 aromatic carbocycles. The van der Waals surface area contributed by atoms with Crippen LogP contribution in [0.3, 0.4) is 0 Å². The monoisotopic (exact) mass is 257 g/mol. The Hall–Kier alpha value is -2.03. The maximum Gasteiger partial charge on any atom is 0.347 e. The maximum absolute atomic E-state index is 11.5. The van der Waals surface area contributed by atoms with Crippen molar-refractivity contribution in [3.05, 3.63) is 39.9 Å². The molecule has 0 saturated heterocycles. The van der Waals surface area contributed by atoms with Crippen molar-refractivity contribution >= 4 is 11.7 Å². The van der Waals surface area contributed by atoms with Crippen LogP contribution in [0.4, 0.5) is 5.69 Å². The zero-order chi connectivity index (χ0) is 13.7. The topological polar surface area (TPSA) is 130 Å². The van der Waals surface area contributed by atoms with Crippen molar-refractivity contribution < 1.29 is 29.8 Å². The fourth-order valence-electron chi connectivity index (χ4n) is 1.15. The fraction of sp³-hybridized carbons (Fsp3) is 0.300. The van der Waals surface area contributed by atoms with E-state index in [1.54, 1.807) is 0 Å². The summed E-state index contributed by atoms with van der Waals surface area (Å²) in [6.45, 7) is -0.814. The number of hydrogen-bond acceptors (Lipinski definition) is 7. The smallest absolute Gasteiger partial charge is 0.347 e. The van der Waals surface area contributed by atoms with Crippen molar-refractivity contribution in [2.75, 3.05) is 6.61 Å². The first-order chi connectivity index (χ1) is 8.47. The van der Waals surface area contributed by atoms with Crippen LogP contribution in [0, 0.1) is 10.1 Å². The minimum absolute atomic E-state index is 0.355. The molecular formula is C10H11NO7. The molecule has 98 valence electrons. The van der Waals surface area contributed by atoms with Crippen LogP contribution in [0.1, 0.15) is 10.4 Å². The molecule has 3 N–H and O–H groups in total. The van der Waals surface area contributed by atoms with E-state index in [1.807, 2.05) is 0 Å². The number of nitro groups is 1. The summed E-state index contributed by atoms with van der Waals surface area (Å²) in [7, 11) is 0. The lowest BCUT2D eigenvalue weighted by Gasteiger charge is -2.15. The third kappa shape index (κ3) is 3.23. The molecule has 0 radical (unpaired) electrons. The number of rotatable bonds is 5. The van der Waals surface area contributed by atoms with Gasteiger partial charge in [-0.05, 0) is 6.07 Å². The minimum atomic E-state index is -1.96. The molecule has 1 rings (SSSR count). The van der Waals surface area contributed by atoms with Crippen molar-refractivity contribution in [2.45, 2.75) is 12.4 Å². The van der Waals surface area contributed by atoms with Crippen molar-refractivity contribution in [3.63, 3.8) is 0 Å². The summed E-state index contributed by atoms with van der Waals surface area (Å²) in [5.41, 5.74) is -0.833.